The highest BCUT2D eigenvalue weighted by Gasteiger charge is 2.05. The van der Waals surface area contributed by atoms with Crippen LogP contribution in [0.1, 0.15) is 17.2 Å². The summed E-state index contributed by atoms with van der Waals surface area (Å²) in [7, 11) is 0. The quantitative estimate of drug-likeness (QED) is 0.757. The van der Waals surface area contributed by atoms with E-state index in [0.29, 0.717) is 5.02 Å². The van der Waals surface area contributed by atoms with E-state index in [2.05, 4.69) is 0 Å². The largest absolute Gasteiger partial charge is 0.322 e. The van der Waals surface area contributed by atoms with Gasteiger partial charge in [0.2, 0.25) is 0 Å². The van der Waals surface area contributed by atoms with E-state index in [9.17, 15) is 4.39 Å². The first kappa shape index (κ1) is 9.49. The van der Waals surface area contributed by atoms with Crippen molar-refractivity contribution in [1.82, 2.24) is 0 Å². The predicted molar refractivity (Wildman–Crippen MR) is 49.1 cm³/mol. The van der Waals surface area contributed by atoms with E-state index in [4.69, 9.17) is 17.3 Å². The van der Waals surface area contributed by atoms with Gasteiger partial charge in [-0.1, -0.05) is 23.7 Å². The highest BCUT2D eigenvalue weighted by molar-refractivity contribution is 6.31. The number of benzene rings is 1. The van der Waals surface area contributed by atoms with Gasteiger partial charge >= 0.3 is 0 Å². The predicted octanol–water partition coefficient (Wildman–Crippen LogP) is 2.62. The molecule has 0 aromatic heterocycles. The maximum Gasteiger partial charge on any atom is 0.109 e. The summed E-state index contributed by atoms with van der Waals surface area (Å²) in [5.41, 5.74) is 7.22. The Morgan fingerprint density at radius 3 is 2.75 bits per heavy atom. The van der Waals surface area contributed by atoms with Crippen LogP contribution in [0.5, 0.6) is 0 Å². The van der Waals surface area contributed by atoms with Gasteiger partial charge in [0.1, 0.15) is 6.67 Å². The highest BCUT2D eigenvalue weighted by atomic mass is 35.5. The number of halogens is 2. The van der Waals surface area contributed by atoms with Crippen LogP contribution in [0.4, 0.5) is 4.39 Å². The van der Waals surface area contributed by atoms with E-state index < -0.39 is 12.7 Å². The second-order valence-corrected chi connectivity index (χ2v) is 3.18. The van der Waals surface area contributed by atoms with Crippen molar-refractivity contribution in [1.29, 1.82) is 0 Å². The summed E-state index contributed by atoms with van der Waals surface area (Å²) in [5.74, 6) is 0. The average molecular weight is 188 g/mol. The molecule has 1 aromatic rings. The number of aryl methyl sites for hydroxylation is 1. The van der Waals surface area contributed by atoms with E-state index in [1.54, 1.807) is 12.1 Å². The van der Waals surface area contributed by atoms with Crippen molar-refractivity contribution in [3.63, 3.8) is 0 Å². The van der Waals surface area contributed by atoms with Crippen LogP contribution in [-0.4, -0.2) is 6.67 Å². The van der Waals surface area contributed by atoms with Gasteiger partial charge in [0.05, 0.1) is 6.04 Å². The standard InChI is InChI=1S/C9H11ClFN/c1-6-4-7(9(12)5-11)2-3-8(6)10/h2-4,9H,5,12H2,1H3/t9-/m1/s1. The molecule has 66 valence electrons. The lowest BCUT2D eigenvalue weighted by Crippen LogP contribution is -2.12. The summed E-state index contributed by atoms with van der Waals surface area (Å²) in [6.45, 7) is 1.33. The van der Waals surface area contributed by atoms with Crippen LogP contribution >= 0.6 is 11.6 Å². The zero-order valence-corrected chi connectivity index (χ0v) is 7.61. The summed E-state index contributed by atoms with van der Waals surface area (Å²) in [6.07, 6.45) is 0. The van der Waals surface area contributed by atoms with E-state index >= 15 is 0 Å². The van der Waals surface area contributed by atoms with Crippen LogP contribution < -0.4 is 5.73 Å². The fourth-order valence-corrected chi connectivity index (χ4v) is 1.11. The van der Waals surface area contributed by atoms with Crippen molar-refractivity contribution >= 4 is 11.6 Å². The number of hydrogen-bond acceptors (Lipinski definition) is 1. The van der Waals surface area contributed by atoms with Crippen LogP contribution in [0.15, 0.2) is 18.2 Å². The molecule has 0 aliphatic rings. The monoisotopic (exact) mass is 187 g/mol. The SMILES string of the molecule is Cc1cc([C@H](N)CF)ccc1Cl. The lowest BCUT2D eigenvalue weighted by atomic mass is 10.1. The van der Waals surface area contributed by atoms with E-state index in [0.717, 1.165) is 11.1 Å². The Morgan fingerprint density at radius 2 is 2.25 bits per heavy atom. The third-order valence-corrected chi connectivity index (χ3v) is 2.20. The van der Waals surface area contributed by atoms with E-state index in [1.165, 1.54) is 0 Å². The molecule has 1 nitrogen and oxygen atoms in total. The van der Waals surface area contributed by atoms with Crippen molar-refractivity contribution < 1.29 is 4.39 Å². The zero-order valence-electron chi connectivity index (χ0n) is 6.85. The summed E-state index contributed by atoms with van der Waals surface area (Å²) >= 11 is 5.79. The van der Waals surface area contributed by atoms with Crippen molar-refractivity contribution in [3.8, 4) is 0 Å². The number of nitrogens with two attached hydrogens (primary N) is 1. The molecule has 0 unspecified atom stereocenters. The van der Waals surface area contributed by atoms with Crippen molar-refractivity contribution in [3.05, 3.63) is 34.3 Å². The van der Waals surface area contributed by atoms with Gasteiger partial charge in [-0.2, -0.15) is 0 Å². The molecule has 0 fully saturated rings. The summed E-state index contributed by atoms with van der Waals surface area (Å²) in [4.78, 5) is 0. The van der Waals surface area contributed by atoms with Crippen LogP contribution in [0.2, 0.25) is 5.02 Å². The molecular formula is C9H11ClFN. The van der Waals surface area contributed by atoms with Crippen LogP contribution in [0, 0.1) is 6.92 Å². The molecule has 0 saturated heterocycles. The molecule has 0 bridgehead atoms. The Morgan fingerprint density at radius 1 is 1.58 bits per heavy atom. The maximum absolute atomic E-state index is 12.1. The Bertz CT molecular complexity index is 275. The Balaban J connectivity index is 2.96. The van der Waals surface area contributed by atoms with Gasteiger partial charge in [0, 0.05) is 5.02 Å². The molecule has 1 rings (SSSR count). The van der Waals surface area contributed by atoms with Crippen LogP contribution in [0.3, 0.4) is 0 Å². The number of alkyl halides is 1. The molecule has 0 heterocycles. The van der Waals surface area contributed by atoms with Crippen molar-refractivity contribution in [2.45, 2.75) is 13.0 Å². The molecule has 1 atom stereocenters. The first-order valence-electron chi connectivity index (χ1n) is 3.72. The Hall–Kier alpha value is -0.600. The van der Waals surface area contributed by atoms with Gasteiger partial charge in [0.15, 0.2) is 0 Å². The minimum absolute atomic E-state index is 0.527. The first-order chi connectivity index (χ1) is 5.65. The summed E-state index contributed by atoms with van der Waals surface area (Å²) in [6, 6.07) is 4.77. The summed E-state index contributed by atoms with van der Waals surface area (Å²) in [5, 5.41) is 0.685. The molecule has 0 aliphatic heterocycles. The fourth-order valence-electron chi connectivity index (χ4n) is 0.988. The average Bonchev–Trinajstić information content (AvgIpc) is 2.08. The molecule has 12 heavy (non-hydrogen) atoms. The molecule has 0 amide bonds. The van der Waals surface area contributed by atoms with Crippen LogP contribution in [-0.2, 0) is 0 Å². The number of hydrogen-bond donors (Lipinski definition) is 1. The molecule has 0 aliphatic carbocycles. The number of rotatable bonds is 2. The molecule has 3 heteroatoms. The minimum Gasteiger partial charge on any atom is -0.322 e. The Kier molecular flexibility index (Phi) is 3.06. The molecule has 0 saturated carbocycles. The third kappa shape index (κ3) is 1.96. The zero-order chi connectivity index (χ0) is 9.14. The van der Waals surface area contributed by atoms with Gasteiger partial charge in [-0.05, 0) is 24.1 Å². The smallest absolute Gasteiger partial charge is 0.109 e. The molecule has 0 radical (unpaired) electrons. The second-order valence-electron chi connectivity index (χ2n) is 2.77. The van der Waals surface area contributed by atoms with Gasteiger partial charge in [-0.3, -0.25) is 0 Å². The Labute approximate surface area is 76.3 Å². The third-order valence-electron chi connectivity index (χ3n) is 1.78. The van der Waals surface area contributed by atoms with E-state index in [-0.39, 0.29) is 0 Å². The minimum atomic E-state index is -0.541. The van der Waals surface area contributed by atoms with Crippen LogP contribution in [0.25, 0.3) is 0 Å². The molecule has 0 spiro atoms. The topological polar surface area (TPSA) is 26.0 Å². The lowest BCUT2D eigenvalue weighted by molar-refractivity contribution is 0.437. The van der Waals surface area contributed by atoms with Gasteiger partial charge < -0.3 is 5.73 Å². The fraction of sp³-hybridized carbons (Fsp3) is 0.333. The second kappa shape index (κ2) is 3.87. The van der Waals surface area contributed by atoms with Crippen molar-refractivity contribution in [2.75, 3.05) is 6.67 Å². The molecule has 1 aromatic carbocycles. The molecule has 2 N–H and O–H groups in total. The summed E-state index contributed by atoms with van der Waals surface area (Å²) < 4.78 is 12.1. The highest BCUT2D eigenvalue weighted by Crippen LogP contribution is 2.19. The maximum atomic E-state index is 12.1. The van der Waals surface area contributed by atoms with Gasteiger partial charge in [0.25, 0.3) is 0 Å². The molecular weight excluding hydrogens is 177 g/mol. The van der Waals surface area contributed by atoms with Crippen molar-refractivity contribution in [2.24, 2.45) is 5.73 Å². The first-order valence-corrected chi connectivity index (χ1v) is 4.10. The normalized spacial score (nSPS) is 13.0. The van der Waals surface area contributed by atoms with Gasteiger partial charge in [-0.25, -0.2) is 4.39 Å². The van der Waals surface area contributed by atoms with E-state index in [1.807, 2.05) is 13.0 Å². The lowest BCUT2D eigenvalue weighted by Gasteiger charge is -2.08. The van der Waals surface area contributed by atoms with Gasteiger partial charge in [-0.15, -0.1) is 0 Å².